The summed E-state index contributed by atoms with van der Waals surface area (Å²) in [6.45, 7) is 7.78. The van der Waals surface area contributed by atoms with Gasteiger partial charge in [0.1, 0.15) is 11.4 Å². The monoisotopic (exact) mass is 248 g/mol. The predicted octanol–water partition coefficient (Wildman–Crippen LogP) is 2.18. The lowest BCUT2D eigenvalue weighted by Crippen LogP contribution is -2.37. The summed E-state index contributed by atoms with van der Waals surface area (Å²) in [4.78, 5) is 18.2. The van der Waals surface area contributed by atoms with Gasteiger partial charge in [-0.3, -0.25) is 4.79 Å². The van der Waals surface area contributed by atoms with Gasteiger partial charge in [0.05, 0.1) is 6.42 Å². The molecule has 1 aliphatic heterocycles. The summed E-state index contributed by atoms with van der Waals surface area (Å²) in [6.07, 6.45) is 3.28. The molecule has 0 saturated carbocycles. The molecule has 1 saturated heterocycles. The summed E-state index contributed by atoms with van der Waals surface area (Å²) >= 11 is 0. The van der Waals surface area contributed by atoms with Gasteiger partial charge in [-0.05, 0) is 38.8 Å². The number of ether oxygens (including phenoxy) is 1. The standard InChI is InChI=1S/C14H20N2O2/c1-14(2,3)18-13(17)9-11-5-6-12(15-10-11)16-7-4-8-16/h5-6,10H,4,7-9H2,1-3H3. The van der Waals surface area contributed by atoms with Crippen molar-refractivity contribution >= 4 is 11.8 Å². The Bertz CT molecular complexity index is 416. The van der Waals surface area contributed by atoms with Crippen molar-refractivity contribution in [1.29, 1.82) is 0 Å². The zero-order chi connectivity index (χ0) is 13.2. The molecule has 0 atom stereocenters. The van der Waals surface area contributed by atoms with E-state index in [-0.39, 0.29) is 12.4 Å². The second-order valence-electron chi connectivity index (χ2n) is 5.63. The number of carbonyl (C=O) groups is 1. The number of esters is 1. The van der Waals surface area contributed by atoms with Gasteiger partial charge in [0.15, 0.2) is 0 Å². The molecule has 1 fully saturated rings. The van der Waals surface area contributed by atoms with Crippen LogP contribution in [0.15, 0.2) is 18.3 Å². The normalized spacial score (nSPS) is 15.2. The van der Waals surface area contributed by atoms with E-state index in [0.29, 0.717) is 0 Å². The lowest BCUT2D eigenvalue weighted by Gasteiger charge is -2.31. The van der Waals surface area contributed by atoms with Crippen LogP contribution in [0.4, 0.5) is 5.82 Å². The Morgan fingerprint density at radius 3 is 2.56 bits per heavy atom. The minimum absolute atomic E-state index is 0.207. The van der Waals surface area contributed by atoms with Crippen LogP contribution in [0.2, 0.25) is 0 Å². The third-order valence-corrected chi connectivity index (χ3v) is 2.76. The van der Waals surface area contributed by atoms with Crippen LogP contribution in [0.1, 0.15) is 32.8 Å². The van der Waals surface area contributed by atoms with Crippen LogP contribution in [-0.4, -0.2) is 29.6 Å². The Balaban J connectivity index is 1.91. The number of hydrogen-bond acceptors (Lipinski definition) is 4. The van der Waals surface area contributed by atoms with Crippen LogP contribution in [0.5, 0.6) is 0 Å². The van der Waals surface area contributed by atoms with E-state index in [0.717, 1.165) is 24.5 Å². The Morgan fingerprint density at radius 2 is 2.11 bits per heavy atom. The van der Waals surface area contributed by atoms with Crippen LogP contribution >= 0.6 is 0 Å². The molecule has 98 valence electrons. The first kappa shape index (κ1) is 12.9. The van der Waals surface area contributed by atoms with Crippen molar-refractivity contribution in [3.63, 3.8) is 0 Å². The molecule has 1 aliphatic rings. The average Bonchev–Trinajstić information content (AvgIpc) is 2.15. The Labute approximate surface area is 108 Å². The highest BCUT2D eigenvalue weighted by Gasteiger charge is 2.18. The molecule has 1 aromatic heterocycles. The predicted molar refractivity (Wildman–Crippen MR) is 70.6 cm³/mol. The second kappa shape index (κ2) is 4.96. The fourth-order valence-electron chi connectivity index (χ4n) is 1.80. The SMILES string of the molecule is CC(C)(C)OC(=O)Cc1ccc(N2CCC2)nc1. The molecule has 0 aliphatic carbocycles. The Morgan fingerprint density at radius 1 is 1.39 bits per heavy atom. The molecule has 0 spiro atoms. The van der Waals surface area contributed by atoms with Gasteiger partial charge in [-0.1, -0.05) is 6.07 Å². The van der Waals surface area contributed by atoms with Crippen LogP contribution in [0.25, 0.3) is 0 Å². The van der Waals surface area contributed by atoms with Gasteiger partial charge in [0, 0.05) is 19.3 Å². The second-order valence-corrected chi connectivity index (χ2v) is 5.63. The summed E-state index contributed by atoms with van der Waals surface area (Å²) in [7, 11) is 0. The van der Waals surface area contributed by atoms with Crippen molar-refractivity contribution in [1.82, 2.24) is 4.98 Å². The van der Waals surface area contributed by atoms with E-state index in [4.69, 9.17) is 4.74 Å². The molecule has 4 heteroatoms. The molecule has 2 rings (SSSR count). The van der Waals surface area contributed by atoms with Gasteiger partial charge in [0.2, 0.25) is 0 Å². The number of anilines is 1. The first-order valence-electron chi connectivity index (χ1n) is 6.36. The van der Waals surface area contributed by atoms with E-state index >= 15 is 0 Å². The van der Waals surface area contributed by atoms with E-state index < -0.39 is 5.60 Å². The van der Waals surface area contributed by atoms with Gasteiger partial charge in [-0.2, -0.15) is 0 Å². The van der Waals surface area contributed by atoms with E-state index in [2.05, 4.69) is 9.88 Å². The minimum Gasteiger partial charge on any atom is -0.460 e. The molecule has 0 unspecified atom stereocenters. The van der Waals surface area contributed by atoms with Gasteiger partial charge in [-0.25, -0.2) is 4.98 Å². The summed E-state index contributed by atoms with van der Waals surface area (Å²) < 4.78 is 5.27. The molecular weight excluding hydrogens is 228 g/mol. The highest BCUT2D eigenvalue weighted by molar-refractivity contribution is 5.73. The Hall–Kier alpha value is -1.58. The quantitative estimate of drug-likeness (QED) is 0.769. The number of aromatic nitrogens is 1. The summed E-state index contributed by atoms with van der Waals surface area (Å²) in [5.74, 6) is 0.787. The maximum atomic E-state index is 11.7. The van der Waals surface area contributed by atoms with Crippen LogP contribution < -0.4 is 4.90 Å². The van der Waals surface area contributed by atoms with Gasteiger partial charge in [0.25, 0.3) is 0 Å². The first-order valence-corrected chi connectivity index (χ1v) is 6.36. The van der Waals surface area contributed by atoms with E-state index in [9.17, 15) is 4.79 Å². The van der Waals surface area contributed by atoms with E-state index in [1.54, 1.807) is 6.20 Å². The summed E-state index contributed by atoms with van der Waals surface area (Å²) in [5, 5.41) is 0. The third-order valence-electron chi connectivity index (χ3n) is 2.76. The fourth-order valence-corrected chi connectivity index (χ4v) is 1.80. The number of hydrogen-bond donors (Lipinski definition) is 0. The number of rotatable bonds is 3. The zero-order valence-corrected chi connectivity index (χ0v) is 11.3. The highest BCUT2D eigenvalue weighted by Crippen LogP contribution is 2.18. The topological polar surface area (TPSA) is 42.4 Å². The molecule has 18 heavy (non-hydrogen) atoms. The van der Waals surface area contributed by atoms with Gasteiger partial charge < -0.3 is 9.64 Å². The van der Waals surface area contributed by atoms with Crippen molar-refractivity contribution in [3.8, 4) is 0 Å². The molecule has 4 nitrogen and oxygen atoms in total. The van der Waals surface area contributed by atoms with Crippen molar-refractivity contribution in [2.24, 2.45) is 0 Å². The maximum Gasteiger partial charge on any atom is 0.310 e. The smallest absolute Gasteiger partial charge is 0.310 e. The van der Waals surface area contributed by atoms with Crippen LogP contribution in [0.3, 0.4) is 0 Å². The molecule has 0 radical (unpaired) electrons. The first-order chi connectivity index (χ1) is 8.44. The molecular formula is C14H20N2O2. The van der Waals surface area contributed by atoms with Gasteiger partial charge >= 0.3 is 5.97 Å². The average molecular weight is 248 g/mol. The van der Waals surface area contributed by atoms with Crippen LogP contribution in [0, 0.1) is 0 Å². The summed E-state index contributed by atoms with van der Waals surface area (Å²) in [5.41, 5.74) is 0.468. The summed E-state index contributed by atoms with van der Waals surface area (Å²) in [6, 6.07) is 3.92. The number of nitrogens with zero attached hydrogens (tertiary/aromatic N) is 2. The van der Waals surface area contributed by atoms with Crippen molar-refractivity contribution in [3.05, 3.63) is 23.9 Å². The zero-order valence-electron chi connectivity index (χ0n) is 11.3. The lowest BCUT2D eigenvalue weighted by molar-refractivity contribution is -0.153. The van der Waals surface area contributed by atoms with E-state index in [1.807, 2.05) is 32.9 Å². The Kier molecular flexibility index (Phi) is 3.55. The maximum absolute atomic E-state index is 11.7. The van der Waals surface area contributed by atoms with Gasteiger partial charge in [-0.15, -0.1) is 0 Å². The van der Waals surface area contributed by atoms with Crippen molar-refractivity contribution in [2.45, 2.75) is 39.2 Å². The molecule has 0 bridgehead atoms. The number of carbonyl (C=O) groups excluding carboxylic acids is 1. The number of pyridine rings is 1. The molecule has 0 aromatic carbocycles. The van der Waals surface area contributed by atoms with Crippen molar-refractivity contribution in [2.75, 3.05) is 18.0 Å². The highest BCUT2D eigenvalue weighted by atomic mass is 16.6. The van der Waals surface area contributed by atoms with E-state index in [1.165, 1.54) is 6.42 Å². The minimum atomic E-state index is -0.428. The molecule has 1 aromatic rings. The lowest BCUT2D eigenvalue weighted by atomic mass is 10.1. The third kappa shape index (κ3) is 3.45. The molecule has 2 heterocycles. The van der Waals surface area contributed by atoms with Crippen LogP contribution in [-0.2, 0) is 16.0 Å². The largest absolute Gasteiger partial charge is 0.460 e. The molecule has 0 N–H and O–H groups in total. The molecule has 0 amide bonds. The van der Waals surface area contributed by atoms with Crippen molar-refractivity contribution < 1.29 is 9.53 Å². The fraction of sp³-hybridized carbons (Fsp3) is 0.571.